The number of nitrogens with two attached hydrogens (primary N) is 1. The summed E-state index contributed by atoms with van der Waals surface area (Å²) in [5.41, 5.74) is 4.41. The van der Waals surface area contributed by atoms with E-state index in [1.165, 1.54) is 6.07 Å². The number of aromatic nitrogens is 1. The van der Waals surface area contributed by atoms with E-state index in [0.717, 1.165) is 24.0 Å². The number of thioether (sulfide) groups is 1. The summed E-state index contributed by atoms with van der Waals surface area (Å²) in [6.07, 6.45) is -2.57. The number of piperidine rings is 1. The first-order valence-corrected chi connectivity index (χ1v) is 7.99. The lowest BCUT2D eigenvalue weighted by Gasteiger charge is -2.30. The average Bonchev–Trinajstić information content (AvgIpc) is 2.52. The largest absolute Gasteiger partial charge is 0.417 e. The summed E-state index contributed by atoms with van der Waals surface area (Å²) in [5.74, 6) is -0.567. The number of amides is 2. The van der Waals surface area contributed by atoms with E-state index >= 15 is 0 Å². The third-order valence-corrected chi connectivity index (χ3v) is 4.59. The maximum atomic E-state index is 12.4. The number of hydrogen-bond acceptors (Lipinski definition) is 4. The van der Waals surface area contributed by atoms with Gasteiger partial charge in [-0.05, 0) is 25.0 Å². The smallest absolute Gasteiger partial charge is 0.369 e. The van der Waals surface area contributed by atoms with Gasteiger partial charge in [0.1, 0.15) is 0 Å². The van der Waals surface area contributed by atoms with Crippen LogP contribution >= 0.6 is 11.8 Å². The number of nitrogens with zero attached hydrogens (tertiary/aromatic N) is 2. The second-order valence-electron chi connectivity index (χ2n) is 5.23. The van der Waals surface area contributed by atoms with Crippen LogP contribution in [0.1, 0.15) is 18.4 Å². The molecule has 1 fully saturated rings. The Kier molecular flexibility index (Phi) is 5.51. The van der Waals surface area contributed by atoms with Gasteiger partial charge in [0.05, 0.1) is 16.3 Å². The number of rotatable bonds is 4. The number of halogens is 3. The Morgan fingerprint density at radius 1 is 1.30 bits per heavy atom. The van der Waals surface area contributed by atoms with Gasteiger partial charge in [0.2, 0.25) is 11.8 Å². The molecule has 0 atom stereocenters. The number of hydrogen-bond donors (Lipinski definition) is 1. The molecular weight excluding hydrogens is 331 g/mol. The molecule has 0 unspecified atom stereocenters. The molecule has 0 saturated carbocycles. The van der Waals surface area contributed by atoms with Gasteiger partial charge in [-0.2, -0.15) is 13.2 Å². The fourth-order valence-corrected chi connectivity index (χ4v) is 3.02. The van der Waals surface area contributed by atoms with Crippen LogP contribution < -0.4 is 5.73 Å². The van der Waals surface area contributed by atoms with E-state index in [1.54, 1.807) is 4.90 Å². The maximum Gasteiger partial charge on any atom is 0.417 e. The Morgan fingerprint density at radius 2 is 1.96 bits per heavy atom. The van der Waals surface area contributed by atoms with E-state index in [-0.39, 0.29) is 23.5 Å². The molecule has 1 aromatic heterocycles. The molecule has 2 N–H and O–H groups in total. The zero-order valence-electron chi connectivity index (χ0n) is 12.2. The van der Waals surface area contributed by atoms with Crippen LogP contribution in [0, 0.1) is 5.92 Å². The van der Waals surface area contributed by atoms with Crippen molar-refractivity contribution in [3.05, 3.63) is 23.9 Å². The molecule has 0 aromatic carbocycles. The molecule has 0 radical (unpaired) electrons. The highest BCUT2D eigenvalue weighted by Crippen LogP contribution is 2.29. The fourth-order valence-electron chi connectivity index (χ4n) is 2.27. The summed E-state index contributed by atoms with van der Waals surface area (Å²) < 4.78 is 37.3. The Bertz CT molecular complexity index is 570. The number of primary amides is 1. The lowest BCUT2D eigenvalue weighted by atomic mass is 9.96. The van der Waals surface area contributed by atoms with Crippen molar-refractivity contribution in [3.8, 4) is 0 Å². The lowest BCUT2D eigenvalue weighted by Crippen LogP contribution is -2.42. The highest BCUT2D eigenvalue weighted by molar-refractivity contribution is 7.99. The van der Waals surface area contributed by atoms with E-state index in [0.29, 0.717) is 31.0 Å². The molecule has 1 aliphatic rings. The van der Waals surface area contributed by atoms with Gasteiger partial charge in [-0.1, -0.05) is 11.8 Å². The first kappa shape index (κ1) is 17.6. The predicted molar refractivity (Wildman–Crippen MR) is 78.5 cm³/mol. The van der Waals surface area contributed by atoms with Crippen LogP contribution in [0.15, 0.2) is 23.4 Å². The van der Waals surface area contributed by atoms with Crippen molar-refractivity contribution in [3.63, 3.8) is 0 Å². The summed E-state index contributed by atoms with van der Waals surface area (Å²) in [4.78, 5) is 28.5. The molecule has 0 spiro atoms. The summed E-state index contributed by atoms with van der Waals surface area (Å²) in [6.45, 7) is 0.931. The predicted octanol–water partition coefficient (Wildman–Crippen LogP) is 1.92. The van der Waals surface area contributed by atoms with Crippen LogP contribution in [0.3, 0.4) is 0 Å². The molecule has 0 bridgehead atoms. The minimum Gasteiger partial charge on any atom is -0.369 e. The van der Waals surface area contributed by atoms with E-state index < -0.39 is 11.7 Å². The monoisotopic (exact) mass is 347 g/mol. The van der Waals surface area contributed by atoms with Gasteiger partial charge in [0.25, 0.3) is 0 Å². The van der Waals surface area contributed by atoms with Gasteiger partial charge in [0, 0.05) is 25.2 Å². The molecule has 2 heterocycles. The van der Waals surface area contributed by atoms with Crippen LogP contribution in [0.5, 0.6) is 0 Å². The van der Waals surface area contributed by atoms with E-state index in [9.17, 15) is 22.8 Å². The molecule has 0 aliphatic carbocycles. The van der Waals surface area contributed by atoms with Crippen LogP contribution in [-0.4, -0.2) is 40.5 Å². The Labute approximate surface area is 135 Å². The molecule has 23 heavy (non-hydrogen) atoms. The molecule has 2 rings (SSSR count). The van der Waals surface area contributed by atoms with Crippen molar-refractivity contribution < 1.29 is 22.8 Å². The summed E-state index contributed by atoms with van der Waals surface area (Å²) in [5, 5.41) is 0.360. The van der Waals surface area contributed by atoms with Crippen LogP contribution in [0.4, 0.5) is 13.2 Å². The SMILES string of the molecule is NC(=O)C1CCN(C(=O)CSc2ccc(C(F)(F)F)cn2)CC1. The number of pyridine rings is 1. The van der Waals surface area contributed by atoms with E-state index in [4.69, 9.17) is 5.73 Å². The molecule has 5 nitrogen and oxygen atoms in total. The Balaban J connectivity index is 1.82. The van der Waals surface area contributed by atoms with Gasteiger partial charge >= 0.3 is 6.18 Å². The molecular formula is C14H16F3N3O2S. The van der Waals surface area contributed by atoms with Crippen molar-refractivity contribution in [1.29, 1.82) is 0 Å². The summed E-state index contributed by atoms with van der Waals surface area (Å²) in [7, 11) is 0. The third-order valence-electron chi connectivity index (χ3n) is 3.66. The third kappa shape index (κ3) is 4.85. The number of alkyl halides is 3. The van der Waals surface area contributed by atoms with Crippen molar-refractivity contribution in [2.24, 2.45) is 11.7 Å². The number of carbonyl (C=O) groups is 2. The average molecular weight is 347 g/mol. The number of likely N-dealkylation sites (tertiary alicyclic amines) is 1. The van der Waals surface area contributed by atoms with Crippen LogP contribution in [0.25, 0.3) is 0 Å². The van der Waals surface area contributed by atoms with Crippen molar-refractivity contribution in [2.45, 2.75) is 24.0 Å². The van der Waals surface area contributed by atoms with Crippen LogP contribution in [-0.2, 0) is 15.8 Å². The zero-order chi connectivity index (χ0) is 17.0. The van der Waals surface area contributed by atoms with Crippen molar-refractivity contribution in [1.82, 2.24) is 9.88 Å². The van der Waals surface area contributed by atoms with Crippen LogP contribution in [0.2, 0.25) is 0 Å². The van der Waals surface area contributed by atoms with Crippen molar-refractivity contribution >= 4 is 23.6 Å². The summed E-state index contributed by atoms with van der Waals surface area (Å²) >= 11 is 1.09. The Hall–Kier alpha value is -1.77. The highest BCUT2D eigenvalue weighted by Gasteiger charge is 2.30. The second kappa shape index (κ2) is 7.20. The van der Waals surface area contributed by atoms with Crippen molar-refractivity contribution in [2.75, 3.05) is 18.8 Å². The van der Waals surface area contributed by atoms with E-state index in [1.807, 2.05) is 0 Å². The van der Waals surface area contributed by atoms with Gasteiger partial charge in [-0.3, -0.25) is 9.59 Å². The highest BCUT2D eigenvalue weighted by atomic mass is 32.2. The maximum absolute atomic E-state index is 12.4. The minimum absolute atomic E-state index is 0.0968. The minimum atomic E-state index is -4.42. The van der Waals surface area contributed by atoms with Gasteiger partial charge < -0.3 is 10.6 Å². The first-order valence-electron chi connectivity index (χ1n) is 7.00. The molecule has 9 heteroatoms. The van der Waals surface area contributed by atoms with Gasteiger partial charge in [-0.15, -0.1) is 0 Å². The molecule has 1 saturated heterocycles. The fraction of sp³-hybridized carbons (Fsp3) is 0.500. The number of carbonyl (C=O) groups excluding carboxylic acids is 2. The molecule has 2 amide bonds. The standard InChI is InChI=1S/C14H16F3N3O2S/c15-14(16,17)10-1-2-11(19-7-10)23-8-12(21)20-5-3-9(4-6-20)13(18)22/h1-2,7,9H,3-6,8H2,(H2,18,22). The second-order valence-corrected chi connectivity index (χ2v) is 6.22. The Morgan fingerprint density at radius 3 is 2.43 bits per heavy atom. The lowest BCUT2D eigenvalue weighted by molar-refractivity contribution is -0.138. The molecule has 1 aliphatic heterocycles. The quantitative estimate of drug-likeness (QED) is 0.844. The van der Waals surface area contributed by atoms with E-state index in [2.05, 4.69) is 4.98 Å². The molecule has 1 aromatic rings. The normalized spacial score (nSPS) is 16.4. The van der Waals surface area contributed by atoms with Gasteiger partial charge in [-0.25, -0.2) is 4.98 Å². The first-order chi connectivity index (χ1) is 10.8. The topological polar surface area (TPSA) is 76.3 Å². The van der Waals surface area contributed by atoms with Gasteiger partial charge in [0.15, 0.2) is 0 Å². The molecule has 126 valence electrons. The summed E-state index contributed by atoms with van der Waals surface area (Å²) in [6, 6.07) is 2.19. The zero-order valence-corrected chi connectivity index (χ0v) is 13.0.